The van der Waals surface area contributed by atoms with Gasteiger partial charge in [0.05, 0.1) is 17.0 Å². The summed E-state index contributed by atoms with van der Waals surface area (Å²) in [6.45, 7) is 9.87. The molecule has 1 aromatic heterocycles. The van der Waals surface area contributed by atoms with E-state index >= 15 is 0 Å². The molecule has 0 bridgehead atoms. The van der Waals surface area contributed by atoms with Crippen LogP contribution in [0.1, 0.15) is 54.4 Å². The van der Waals surface area contributed by atoms with Crippen molar-refractivity contribution in [2.45, 2.75) is 58.0 Å². The molecule has 7 heteroatoms. The number of likely N-dealkylation sites (tertiary alicyclic amines) is 2. The van der Waals surface area contributed by atoms with E-state index in [1.807, 2.05) is 18.7 Å². The Hall–Kier alpha value is -2.77. The first-order valence-corrected chi connectivity index (χ1v) is 14.1. The van der Waals surface area contributed by atoms with Crippen LogP contribution in [0.2, 0.25) is 0 Å². The van der Waals surface area contributed by atoms with E-state index in [4.69, 9.17) is 0 Å². The molecule has 0 spiro atoms. The molecule has 5 rings (SSSR count). The third kappa shape index (κ3) is 5.43. The van der Waals surface area contributed by atoms with E-state index in [0.717, 1.165) is 67.7 Å². The topological polar surface area (TPSA) is 52.6 Å². The van der Waals surface area contributed by atoms with Crippen LogP contribution in [-0.2, 0) is 0 Å². The molecule has 194 valence electrons. The number of anilines is 2. The number of amides is 1. The van der Waals surface area contributed by atoms with Crippen molar-refractivity contribution in [1.29, 1.82) is 0 Å². The van der Waals surface area contributed by atoms with Gasteiger partial charge in [-0.1, -0.05) is 34.1 Å². The highest BCUT2D eigenvalue weighted by Gasteiger charge is 2.40. The number of carbonyl (C=O) groups is 1. The molecule has 2 aromatic carbocycles. The van der Waals surface area contributed by atoms with Crippen molar-refractivity contribution in [3.05, 3.63) is 82.3 Å². The van der Waals surface area contributed by atoms with Crippen molar-refractivity contribution in [1.82, 2.24) is 19.8 Å². The van der Waals surface area contributed by atoms with Crippen LogP contribution >= 0.6 is 15.9 Å². The molecule has 2 fully saturated rings. The van der Waals surface area contributed by atoms with Gasteiger partial charge in [0.25, 0.3) is 5.91 Å². The lowest BCUT2D eigenvalue weighted by atomic mass is 9.85. The first-order valence-electron chi connectivity index (χ1n) is 13.3. The molecule has 0 N–H and O–H groups in total. The molecule has 0 atom stereocenters. The lowest BCUT2D eigenvalue weighted by Crippen LogP contribution is -2.58. The standard InChI is InChI=1S/C30H36BrN5O/c1-22-28(23(2)33-21-32-22)29(37)34-19-15-30(3,16-20-34)35-17-13-27(14-18-35)36(25-7-5-4-6-8-25)26-11-9-24(31)10-12-26/h4-12,21,27H,13-20H2,1-3H3. The minimum absolute atomic E-state index is 0.0735. The molecule has 0 saturated carbocycles. The molecule has 6 nitrogen and oxygen atoms in total. The summed E-state index contributed by atoms with van der Waals surface area (Å²) in [6, 6.07) is 19.9. The highest BCUT2D eigenvalue weighted by molar-refractivity contribution is 9.10. The molecule has 3 aromatic rings. The van der Waals surface area contributed by atoms with Gasteiger partial charge in [0, 0.05) is 53.6 Å². The fraction of sp³-hybridized carbons (Fsp3) is 0.433. The summed E-state index contributed by atoms with van der Waals surface area (Å²) in [5.41, 5.74) is 4.80. The number of aromatic nitrogens is 2. The molecule has 2 aliphatic rings. The van der Waals surface area contributed by atoms with Crippen LogP contribution in [0.3, 0.4) is 0 Å². The zero-order valence-electron chi connectivity index (χ0n) is 22.0. The minimum atomic E-state index is 0.0735. The number of halogens is 1. The lowest BCUT2D eigenvalue weighted by molar-refractivity contribution is 0.0176. The van der Waals surface area contributed by atoms with Crippen LogP contribution in [0.25, 0.3) is 0 Å². The van der Waals surface area contributed by atoms with Crippen LogP contribution in [0.15, 0.2) is 65.4 Å². The van der Waals surface area contributed by atoms with Crippen molar-refractivity contribution >= 4 is 33.2 Å². The fourth-order valence-electron chi connectivity index (χ4n) is 5.99. The predicted molar refractivity (Wildman–Crippen MR) is 152 cm³/mol. The number of hydrogen-bond acceptors (Lipinski definition) is 5. The van der Waals surface area contributed by atoms with Crippen LogP contribution in [0.5, 0.6) is 0 Å². The number of para-hydroxylation sites is 1. The second kappa shape index (κ2) is 10.9. The number of carbonyl (C=O) groups excluding carboxylic acids is 1. The van der Waals surface area contributed by atoms with Gasteiger partial charge in [0.1, 0.15) is 6.33 Å². The Bertz CT molecular complexity index is 1200. The highest BCUT2D eigenvalue weighted by atomic mass is 79.9. The van der Waals surface area contributed by atoms with Gasteiger partial charge in [0.2, 0.25) is 0 Å². The maximum Gasteiger partial charge on any atom is 0.257 e. The van der Waals surface area contributed by atoms with E-state index in [0.29, 0.717) is 11.6 Å². The Morgan fingerprint density at radius 3 is 2.05 bits per heavy atom. The monoisotopic (exact) mass is 561 g/mol. The van der Waals surface area contributed by atoms with Crippen molar-refractivity contribution < 1.29 is 4.79 Å². The summed E-state index contributed by atoms with van der Waals surface area (Å²) >= 11 is 3.58. The summed E-state index contributed by atoms with van der Waals surface area (Å²) < 4.78 is 1.10. The number of nitrogens with zero attached hydrogens (tertiary/aromatic N) is 5. The zero-order valence-corrected chi connectivity index (χ0v) is 23.6. The number of aryl methyl sites for hydroxylation is 2. The van der Waals surface area contributed by atoms with Gasteiger partial charge in [0.15, 0.2) is 0 Å². The SMILES string of the molecule is Cc1ncnc(C)c1C(=O)N1CCC(C)(N2CCC(N(c3ccccc3)c3ccc(Br)cc3)CC2)CC1. The normalized spacial score (nSPS) is 18.5. The second-order valence-corrected chi connectivity index (χ2v) is 11.5. The maximum atomic E-state index is 13.3. The number of rotatable bonds is 5. The van der Waals surface area contributed by atoms with Crippen molar-refractivity contribution in [2.75, 3.05) is 31.1 Å². The van der Waals surface area contributed by atoms with Gasteiger partial charge in [-0.2, -0.15) is 0 Å². The third-order valence-corrected chi connectivity index (χ3v) is 8.83. The molecular formula is C30H36BrN5O. The Morgan fingerprint density at radius 2 is 1.46 bits per heavy atom. The Kier molecular flexibility index (Phi) is 7.63. The van der Waals surface area contributed by atoms with Gasteiger partial charge in [-0.3, -0.25) is 9.69 Å². The van der Waals surface area contributed by atoms with Gasteiger partial charge in [-0.05, 0) is 82.9 Å². The number of benzene rings is 2. The van der Waals surface area contributed by atoms with Gasteiger partial charge < -0.3 is 9.80 Å². The number of piperidine rings is 2. The molecule has 37 heavy (non-hydrogen) atoms. The smallest absolute Gasteiger partial charge is 0.257 e. The quantitative estimate of drug-likeness (QED) is 0.373. The van der Waals surface area contributed by atoms with E-state index in [1.54, 1.807) is 0 Å². The zero-order chi connectivity index (χ0) is 26.0. The van der Waals surface area contributed by atoms with Crippen LogP contribution in [0, 0.1) is 13.8 Å². The second-order valence-electron chi connectivity index (χ2n) is 10.6. The van der Waals surface area contributed by atoms with Crippen molar-refractivity contribution in [2.24, 2.45) is 0 Å². The van der Waals surface area contributed by atoms with Gasteiger partial charge in [-0.25, -0.2) is 9.97 Å². The average Bonchev–Trinajstić information content (AvgIpc) is 2.91. The lowest BCUT2D eigenvalue weighted by Gasteiger charge is -2.50. The minimum Gasteiger partial charge on any atom is -0.338 e. The Morgan fingerprint density at radius 1 is 0.892 bits per heavy atom. The summed E-state index contributed by atoms with van der Waals surface area (Å²) in [5.74, 6) is 0.0735. The molecular weight excluding hydrogens is 526 g/mol. The van der Waals surface area contributed by atoms with E-state index in [-0.39, 0.29) is 11.4 Å². The largest absolute Gasteiger partial charge is 0.338 e. The van der Waals surface area contributed by atoms with E-state index in [2.05, 4.69) is 97.2 Å². The maximum absolute atomic E-state index is 13.3. The van der Waals surface area contributed by atoms with Crippen LogP contribution in [-0.4, -0.2) is 63.4 Å². The Labute approximate surface area is 228 Å². The fourth-order valence-corrected chi connectivity index (χ4v) is 6.26. The first kappa shape index (κ1) is 25.9. The average molecular weight is 563 g/mol. The predicted octanol–water partition coefficient (Wildman–Crippen LogP) is 6.15. The first-order chi connectivity index (χ1) is 17.9. The highest BCUT2D eigenvalue weighted by Crippen LogP contribution is 2.36. The molecule has 0 aliphatic carbocycles. The van der Waals surface area contributed by atoms with Crippen LogP contribution in [0.4, 0.5) is 11.4 Å². The van der Waals surface area contributed by atoms with Crippen LogP contribution < -0.4 is 4.90 Å². The van der Waals surface area contributed by atoms with E-state index in [9.17, 15) is 4.79 Å². The molecule has 1 amide bonds. The molecule has 0 radical (unpaired) electrons. The Balaban J connectivity index is 1.24. The van der Waals surface area contributed by atoms with E-state index < -0.39 is 0 Å². The van der Waals surface area contributed by atoms with Gasteiger partial charge >= 0.3 is 0 Å². The third-order valence-electron chi connectivity index (χ3n) is 8.30. The molecule has 3 heterocycles. The summed E-state index contributed by atoms with van der Waals surface area (Å²) in [7, 11) is 0. The molecule has 2 saturated heterocycles. The number of hydrogen-bond donors (Lipinski definition) is 0. The van der Waals surface area contributed by atoms with Crippen molar-refractivity contribution in [3.63, 3.8) is 0 Å². The molecule has 2 aliphatic heterocycles. The van der Waals surface area contributed by atoms with Gasteiger partial charge in [-0.15, -0.1) is 0 Å². The van der Waals surface area contributed by atoms with Crippen molar-refractivity contribution in [3.8, 4) is 0 Å². The summed E-state index contributed by atoms with van der Waals surface area (Å²) in [6.07, 6.45) is 5.74. The summed E-state index contributed by atoms with van der Waals surface area (Å²) in [4.78, 5) is 29.0. The molecule has 0 unspecified atom stereocenters. The van der Waals surface area contributed by atoms with E-state index in [1.165, 1.54) is 17.7 Å². The summed E-state index contributed by atoms with van der Waals surface area (Å²) in [5, 5.41) is 0.